The van der Waals surface area contributed by atoms with Crippen molar-refractivity contribution in [1.29, 1.82) is 0 Å². The van der Waals surface area contributed by atoms with Gasteiger partial charge in [0.05, 0.1) is 19.9 Å². The maximum absolute atomic E-state index is 5.30. The minimum atomic E-state index is 0.548. The third-order valence-electron chi connectivity index (χ3n) is 2.55. The number of nitrogens with one attached hydrogen (secondary N) is 2. The molecule has 0 atom stereocenters. The lowest BCUT2D eigenvalue weighted by Crippen LogP contribution is -2.01. The van der Waals surface area contributed by atoms with Gasteiger partial charge in [-0.2, -0.15) is 4.98 Å². The van der Waals surface area contributed by atoms with Gasteiger partial charge in [0, 0.05) is 19.3 Å². The predicted molar refractivity (Wildman–Crippen MR) is 74.4 cm³/mol. The van der Waals surface area contributed by atoms with Crippen LogP contribution in [0.25, 0.3) is 0 Å². The van der Waals surface area contributed by atoms with E-state index in [1.54, 1.807) is 33.5 Å². The van der Waals surface area contributed by atoms with E-state index in [4.69, 9.17) is 9.47 Å². The van der Waals surface area contributed by atoms with Crippen molar-refractivity contribution < 1.29 is 9.47 Å². The van der Waals surface area contributed by atoms with Crippen LogP contribution in [0.5, 0.6) is 11.5 Å². The Morgan fingerprint density at radius 3 is 2.63 bits per heavy atom. The molecular formula is C13H16N4O2. The van der Waals surface area contributed by atoms with Crippen LogP contribution < -0.4 is 20.1 Å². The van der Waals surface area contributed by atoms with Gasteiger partial charge in [-0.25, -0.2) is 4.98 Å². The number of aromatic nitrogens is 2. The third-order valence-corrected chi connectivity index (χ3v) is 2.55. The molecule has 0 aliphatic carbocycles. The van der Waals surface area contributed by atoms with Crippen molar-refractivity contribution in [2.45, 2.75) is 0 Å². The van der Waals surface area contributed by atoms with Gasteiger partial charge in [0.2, 0.25) is 5.95 Å². The lowest BCUT2D eigenvalue weighted by Gasteiger charge is -2.12. The van der Waals surface area contributed by atoms with Crippen LogP contribution in [0.1, 0.15) is 0 Å². The highest BCUT2D eigenvalue weighted by Gasteiger charge is 2.06. The summed E-state index contributed by atoms with van der Waals surface area (Å²) in [6.45, 7) is 0. The van der Waals surface area contributed by atoms with Crippen molar-refractivity contribution in [2.24, 2.45) is 0 Å². The first-order valence-electron chi connectivity index (χ1n) is 5.76. The Morgan fingerprint density at radius 2 is 1.95 bits per heavy atom. The molecule has 0 saturated carbocycles. The van der Waals surface area contributed by atoms with Crippen molar-refractivity contribution in [3.63, 3.8) is 0 Å². The number of hydrogen-bond acceptors (Lipinski definition) is 6. The maximum Gasteiger partial charge on any atom is 0.224 e. The fraction of sp³-hybridized carbons (Fsp3) is 0.231. The second kappa shape index (κ2) is 5.90. The van der Waals surface area contributed by atoms with E-state index in [1.165, 1.54) is 0 Å². The summed E-state index contributed by atoms with van der Waals surface area (Å²) in [6.07, 6.45) is 1.67. The number of hydrogen-bond donors (Lipinski definition) is 2. The van der Waals surface area contributed by atoms with Crippen LogP contribution in [0.3, 0.4) is 0 Å². The quantitative estimate of drug-likeness (QED) is 0.859. The lowest BCUT2D eigenvalue weighted by atomic mass is 10.2. The lowest BCUT2D eigenvalue weighted by molar-refractivity contribution is 0.405. The molecule has 1 aromatic heterocycles. The van der Waals surface area contributed by atoms with E-state index in [0.29, 0.717) is 17.5 Å². The Labute approximate surface area is 111 Å². The summed E-state index contributed by atoms with van der Waals surface area (Å²) in [6, 6.07) is 7.30. The molecule has 2 rings (SSSR count). The van der Waals surface area contributed by atoms with Gasteiger partial charge < -0.3 is 20.1 Å². The van der Waals surface area contributed by atoms with Gasteiger partial charge in [-0.15, -0.1) is 0 Å². The fourth-order valence-electron chi connectivity index (χ4n) is 1.60. The van der Waals surface area contributed by atoms with Crippen molar-refractivity contribution in [3.05, 3.63) is 30.5 Å². The highest BCUT2D eigenvalue weighted by molar-refractivity contribution is 5.66. The molecule has 2 N–H and O–H groups in total. The van der Waals surface area contributed by atoms with Crippen molar-refractivity contribution in [1.82, 2.24) is 9.97 Å². The largest absolute Gasteiger partial charge is 0.497 e. The molecule has 19 heavy (non-hydrogen) atoms. The molecule has 0 spiro atoms. The molecule has 0 saturated heterocycles. The summed E-state index contributed by atoms with van der Waals surface area (Å²) in [5, 5.41) is 6.06. The van der Waals surface area contributed by atoms with Gasteiger partial charge in [-0.05, 0) is 18.2 Å². The summed E-state index contributed by atoms with van der Waals surface area (Å²) in [5.74, 6) is 2.68. The first-order valence-corrected chi connectivity index (χ1v) is 5.76. The van der Waals surface area contributed by atoms with Crippen LogP contribution in [-0.2, 0) is 0 Å². The Hall–Kier alpha value is -2.50. The molecule has 6 heteroatoms. The van der Waals surface area contributed by atoms with Crippen LogP contribution in [0, 0.1) is 0 Å². The topological polar surface area (TPSA) is 68.3 Å². The van der Waals surface area contributed by atoms with Crippen LogP contribution in [0.15, 0.2) is 30.5 Å². The van der Waals surface area contributed by atoms with Gasteiger partial charge in [-0.3, -0.25) is 0 Å². The molecule has 0 aliphatic heterocycles. The number of anilines is 3. The van der Waals surface area contributed by atoms with Crippen LogP contribution in [0.4, 0.5) is 17.5 Å². The summed E-state index contributed by atoms with van der Waals surface area (Å²) in [5.41, 5.74) is 0.780. The summed E-state index contributed by atoms with van der Waals surface area (Å²) >= 11 is 0. The average molecular weight is 260 g/mol. The number of benzene rings is 1. The van der Waals surface area contributed by atoms with Crippen molar-refractivity contribution >= 4 is 17.5 Å². The SMILES string of the molecule is CNc1nccc(Nc2cc(OC)ccc2OC)n1. The average Bonchev–Trinajstić information content (AvgIpc) is 2.47. The van der Waals surface area contributed by atoms with Crippen LogP contribution >= 0.6 is 0 Å². The van der Waals surface area contributed by atoms with Gasteiger partial charge in [0.1, 0.15) is 17.3 Å². The minimum absolute atomic E-state index is 0.548. The zero-order valence-corrected chi connectivity index (χ0v) is 11.1. The van der Waals surface area contributed by atoms with E-state index in [1.807, 2.05) is 18.2 Å². The number of rotatable bonds is 5. The maximum atomic E-state index is 5.30. The predicted octanol–water partition coefficient (Wildman–Crippen LogP) is 2.28. The molecule has 0 radical (unpaired) electrons. The monoisotopic (exact) mass is 260 g/mol. The number of methoxy groups -OCH3 is 2. The number of nitrogens with zero attached hydrogens (tertiary/aromatic N) is 2. The standard InChI is InChI=1S/C13H16N4O2/c1-14-13-15-7-6-12(17-13)16-10-8-9(18-2)4-5-11(10)19-3/h4-8H,1-3H3,(H2,14,15,16,17). The summed E-state index contributed by atoms with van der Waals surface area (Å²) in [4.78, 5) is 8.35. The molecule has 2 aromatic rings. The molecule has 1 heterocycles. The van der Waals surface area contributed by atoms with E-state index >= 15 is 0 Å². The molecule has 0 aliphatic rings. The van der Waals surface area contributed by atoms with Gasteiger partial charge >= 0.3 is 0 Å². The highest BCUT2D eigenvalue weighted by atomic mass is 16.5. The second-order valence-corrected chi connectivity index (χ2v) is 3.71. The Morgan fingerprint density at radius 1 is 1.11 bits per heavy atom. The van der Waals surface area contributed by atoms with E-state index in [0.717, 1.165) is 11.4 Å². The molecule has 0 unspecified atom stereocenters. The first kappa shape index (κ1) is 12.9. The molecular weight excluding hydrogens is 244 g/mol. The van der Waals surface area contributed by atoms with E-state index in [2.05, 4.69) is 20.6 Å². The minimum Gasteiger partial charge on any atom is -0.497 e. The van der Waals surface area contributed by atoms with Crippen molar-refractivity contribution in [3.8, 4) is 11.5 Å². The fourth-order valence-corrected chi connectivity index (χ4v) is 1.60. The van der Waals surface area contributed by atoms with Crippen molar-refractivity contribution in [2.75, 3.05) is 31.9 Å². The van der Waals surface area contributed by atoms with E-state index in [-0.39, 0.29) is 0 Å². The molecule has 100 valence electrons. The van der Waals surface area contributed by atoms with E-state index in [9.17, 15) is 0 Å². The van der Waals surface area contributed by atoms with Crippen LogP contribution in [0.2, 0.25) is 0 Å². The molecule has 0 bridgehead atoms. The molecule has 0 amide bonds. The second-order valence-electron chi connectivity index (χ2n) is 3.71. The normalized spacial score (nSPS) is 9.84. The Balaban J connectivity index is 2.30. The summed E-state index contributed by atoms with van der Waals surface area (Å²) in [7, 11) is 5.01. The Kier molecular flexibility index (Phi) is 4.02. The smallest absolute Gasteiger partial charge is 0.224 e. The molecule has 0 fully saturated rings. The van der Waals surface area contributed by atoms with Gasteiger partial charge in [-0.1, -0.05) is 0 Å². The zero-order valence-electron chi connectivity index (χ0n) is 11.1. The Bertz CT molecular complexity index is 560. The first-order chi connectivity index (χ1) is 9.26. The van der Waals surface area contributed by atoms with Gasteiger partial charge in [0.15, 0.2) is 0 Å². The molecule has 1 aromatic carbocycles. The zero-order chi connectivity index (χ0) is 13.7. The summed E-state index contributed by atoms with van der Waals surface area (Å²) < 4.78 is 10.5. The van der Waals surface area contributed by atoms with Crippen LogP contribution in [-0.4, -0.2) is 31.2 Å². The third kappa shape index (κ3) is 3.04. The highest BCUT2D eigenvalue weighted by Crippen LogP contribution is 2.30. The molecule has 6 nitrogen and oxygen atoms in total. The number of ether oxygens (including phenoxy) is 2. The van der Waals surface area contributed by atoms with E-state index < -0.39 is 0 Å². The van der Waals surface area contributed by atoms with Gasteiger partial charge in [0.25, 0.3) is 0 Å².